The summed E-state index contributed by atoms with van der Waals surface area (Å²) in [5.41, 5.74) is 1.03. The molecule has 0 heterocycles. The van der Waals surface area contributed by atoms with Crippen molar-refractivity contribution in [1.29, 1.82) is 0 Å². The van der Waals surface area contributed by atoms with Gasteiger partial charge in [0.2, 0.25) is 0 Å². The molecule has 78 valence electrons. The molecule has 0 radical (unpaired) electrons. The largest absolute Gasteiger partial charge is 0.374 e. The Bertz CT molecular complexity index is 254. The molecule has 0 spiro atoms. The summed E-state index contributed by atoms with van der Waals surface area (Å²) < 4.78 is 18.2. The first-order valence-electron chi connectivity index (χ1n) is 4.71. The van der Waals surface area contributed by atoms with Gasteiger partial charge in [0, 0.05) is 11.9 Å². The van der Waals surface area contributed by atoms with Crippen LogP contribution in [0.4, 0.5) is 4.39 Å². The normalized spacial score (nSPS) is 12.8. The van der Waals surface area contributed by atoms with Crippen molar-refractivity contribution in [3.05, 3.63) is 35.6 Å². The van der Waals surface area contributed by atoms with Crippen LogP contribution in [0.2, 0.25) is 0 Å². The molecule has 0 aliphatic carbocycles. The van der Waals surface area contributed by atoms with Crippen molar-refractivity contribution in [3.8, 4) is 0 Å². The van der Waals surface area contributed by atoms with Crippen LogP contribution in [0.3, 0.4) is 0 Å². The van der Waals surface area contributed by atoms with E-state index in [1.54, 1.807) is 12.1 Å². The zero-order chi connectivity index (χ0) is 10.4. The van der Waals surface area contributed by atoms with E-state index >= 15 is 0 Å². The molecular weight excluding hydrogens is 247 g/mol. The van der Waals surface area contributed by atoms with Crippen LogP contribution in [-0.2, 0) is 4.74 Å². The maximum atomic E-state index is 12.7. The first-order chi connectivity index (χ1) is 6.77. The summed E-state index contributed by atoms with van der Waals surface area (Å²) in [5, 5.41) is 0.884. The van der Waals surface area contributed by atoms with Gasteiger partial charge in [-0.25, -0.2) is 4.39 Å². The highest BCUT2D eigenvalue weighted by Crippen LogP contribution is 2.22. The molecule has 0 saturated carbocycles. The summed E-state index contributed by atoms with van der Waals surface area (Å²) in [5.74, 6) is -0.206. The fraction of sp³-hybridized carbons (Fsp3) is 0.455. The number of hydrogen-bond donors (Lipinski definition) is 0. The average molecular weight is 261 g/mol. The van der Waals surface area contributed by atoms with Crippen LogP contribution < -0.4 is 0 Å². The lowest BCUT2D eigenvalue weighted by Gasteiger charge is -2.15. The fourth-order valence-corrected chi connectivity index (χ4v) is 1.74. The van der Waals surface area contributed by atoms with Gasteiger partial charge in [-0.15, -0.1) is 0 Å². The molecule has 1 aromatic rings. The van der Waals surface area contributed by atoms with Gasteiger partial charge >= 0.3 is 0 Å². The van der Waals surface area contributed by atoms with E-state index in [1.165, 1.54) is 12.1 Å². The Balaban J connectivity index is 2.71. The lowest BCUT2D eigenvalue weighted by molar-refractivity contribution is 0.0608. The molecule has 1 aromatic carbocycles. The van der Waals surface area contributed by atoms with Gasteiger partial charge in [0.1, 0.15) is 5.82 Å². The van der Waals surface area contributed by atoms with Gasteiger partial charge < -0.3 is 4.74 Å². The monoisotopic (exact) mass is 260 g/mol. The van der Waals surface area contributed by atoms with E-state index in [0.717, 1.165) is 17.3 Å². The molecule has 0 fully saturated rings. The first-order valence-corrected chi connectivity index (χ1v) is 5.83. The number of hydrogen-bond acceptors (Lipinski definition) is 1. The number of alkyl halides is 1. The molecule has 1 nitrogen and oxygen atoms in total. The summed E-state index contributed by atoms with van der Waals surface area (Å²) in [6.45, 7) is 2.64. The van der Waals surface area contributed by atoms with E-state index < -0.39 is 0 Å². The maximum Gasteiger partial charge on any atom is 0.123 e. The summed E-state index contributed by atoms with van der Waals surface area (Å²) in [6, 6.07) is 6.49. The summed E-state index contributed by atoms with van der Waals surface area (Å²) in [6.07, 6.45) is 0.972. The van der Waals surface area contributed by atoms with E-state index in [0.29, 0.717) is 6.61 Å². The molecule has 1 unspecified atom stereocenters. The van der Waals surface area contributed by atoms with Crippen LogP contribution in [-0.4, -0.2) is 11.9 Å². The SMILES string of the molecule is CCOC(CCBr)c1ccc(F)cc1. The van der Waals surface area contributed by atoms with Gasteiger partial charge in [0.05, 0.1) is 6.10 Å². The highest BCUT2D eigenvalue weighted by atomic mass is 79.9. The fourth-order valence-electron chi connectivity index (χ4n) is 1.32. The van der Waals surface area contributed by atoms with Gasteiger partial charge in [-0.2, -0.15) is 0 Å². The van der Waals surface area contributed by atoms with E-state index in [2.05, 4.69) is 15.9 Å². The van der Waals surface area contributed by atoms with Crippen LogP contribution in [0.1, 0.15) is 25.0 Å². The summed E-state index contributed by atoms with van der Waals surface area (Å²) in [7, 11) is 0. The third-order valence-electron chi connectivity index (χ3n) is 1.98. The van der Waals surface area contributed by atoms with E-state index in [1.807, 2.05) is 6.92 Å². The van der Waals surface area contributed by atoms with Crippen molar-refractivity contribution < 1.29 is 9.13 Å². The Morgan fingerprint density at radius 1 is 1.36 bits per heavy atom. The van der Waals surface area contributed by atoms with Crippen LogP contribution in [0.5, 0.6) is 0 Å². The van der Waals surface area contributed by atoms with Gasteiger partial charge in [-0.1, -0.05) is 28.1 Å². The van der Waals surface area contributed by atoms with Crippen molar-refractivity contribution in [2.24, 2.45) is 0 Å². The van der Waals surface area contributed by atoms with E-state index in [9.17, 15) is 4.39 Å². The highest BCUT2D eigenvalue weighted by molar-refractivity contribution is 9.09. The standard InChI is InChI=1S/C11H14BrFO/c1-2-14-11(7-8-12)9-3-5-10(13)6-4-9/h3-6,11H,2,7-8H2,1H3. The zero-order valence-corrected chi connectivity index (χ0v) is 9.76. The Morgan fingerprint density at radius 2 is 2.00 bits per heavy atom. The predicted molar refractivity (Wildman–Crippen MR) is 59.2 cm³/mol. The molecule has 0 amide bonds. The average Bonchev–Trinajstić information content (AvgIpc) is 2.19. The second-order valence-corrected chi connectivity index (χ2v) is 3.77. The minimum Gasteiger partial charge on any atom is -0.374 e. The minimum atomic E-state index is -0.206. The first kappa shape index (κ1) is 11.7. The topological polar surface area (TPSA) is 9.23 Å². The van der Waals surface area contributed by atoms with Gasteiger partial charge in [0.25, 0.3) is 0 Å². The molecule has 1 rings (SSSR count). The lowest BCUT2D eigenvalue weighted by atomic mass is 10.1. The Hall–Kier alpha value is -0.410. The highest BCUT2D eigenvalue weighted by Gasteiger charge is 2.10. The molecule has 0 aliphatic rings. The van der Waals surface area contributed by atoms with Crippen molar-refractivity contribution in [2.75, 3.05) is 11.9 Å². The van der Waals surface area contributed by atoms with Gasteiger partial charge in [0.15, 0.2) is 0 Å². The molecular formula is C11H14BrFO. The van der Waals surface area contributed by atoms with E-state index in [-0.39, 0.29) is 11.9 Å². The van der Waals surface area contributed by atoms with Crippen LogP contribution >= 0.6 is 15.9 Å². The van der Waals surface area contributed by atoms with Crippen molar-refractivity contribution in [1.82, 2.24) is 0 Å². The smallest absolute Gasteiger partial charge is 0.123 e. The molecule has 0 aromatic heterocycles. The molecule has 0 saturated heterocycles. The Kier molecular flexibility index (Phi) is 5.12. The van der Waals surface area contributed by atoms with Crippen molar-refractivity contribution >= 4 is 15.9 Å². The molecule has 0 bridgehead atoms. The molecule has 0 aliphatic heterocycles. The van der Waals surface area contributed by atoms with Crippen LogP contribution in [0.25, 0.3) is 0 Å². The Morgan fingerprint density at radius 3 is 2.50 bits per heavy atom. The van der Waals surface area contributed by atoms with Crippen LogP contribution in [0, 0.1) is 5.82 Å². The third kappa shape index (κ3) is 3.39. The summed E-state index contributed by atoms with van der Waals surface area (Å²) in [4.78, 5) is 0. The molecule has 14 heavy (non-hydrogen) atoms. The lowest BCUT2D eigenvalue weighted by Crippen LogP contribution is -2.04. The van der Waals surface area contributed by atoms with Gasteiger partial charge in [-0.05, 0) is 31.0 Å². The quantitative estimate of drug-likeness (QED) is 0.734. The summed E-state index contributed by atoms with van der Waals surface area (Å²) >= 11 is 3.38. The zero-order valence-electron chi connectivity index (χ0n) is 8.17. The maximum absolute atomic E-state index is 12.7. The van der Waals surface area contributed by atoms with Gasteiger partial charge in [-0.3, -0.25) is 0 Å². The minimum absolute atomic E-state index is 0.0694. The molecule has 1 atom stereocenters. The molecule has 0 N–H and O–H groups in total. The number of ether oxygens (including phenoxy) is 1. The predicted octanol–water partition coefficient (Wildman–Crippen LogP) is 3.69. The Labute approximate surface area is 92.4 Å². The third-order valence-corrected chi connectivity index (χ3v) is 2.44. The van der Waals surface area contributed by atoms with Crippen molar-refractivity contribution in [2.45, 2.75) is 19.4 Å². The number of halogens is 2. The molecule has 3 heteroatoms. The van der Waals surface area contributed by atoms with E-state index in [4.69, 9.17) is 4.74 Å². The number of benzene rings is 1. The second kappa shape index (κ2) is 6.14. The van der Waals surface area contributed by atoms with Crippen LogP contribution in [0.15, 0.2) is 24.3 Å². The van der Waals surface area contributed by atoms with Crippen molar-refractivity contribution in [3.63, 3.8) is 0 Å². The second-order valence-electron chi connectivity index (χ2n) is 2.97. The number of rotatable bonds is 5.